The monoisotopic (exact) mass is 417 g/mol. The number of nitrogens with zero attached hydrogens (tertiary/aromatic N) is 1. The molecule has 0 aliphatic carbocycles. The average Bonchev–Trinajstić information content (AvgIpc) is 2.99. The smallest absolute Gasteiger partial charge is 0.339 e. The summed E-state index contributed by atoms with van der Waals surface area (Å²) in [6.45, 7) is 8.11. The molecule has 0 aromatic heterocycles. The molecule has 0 bridgehead atoms. The van der Waals surface area contributed by atoms with Gasteiger partial charge in [0.05, 0.1) is 22.3 Å². The van der Waals surface area contributed by atoms with E-state index < -0.39 is 40.8 Å². The van der Waals surface area contributed by atoms with Crippen LogP contribution >= 0.6 is 0 Å². The first kappa shape index (κ1) is 22.8. The number of carboxylic acids is 1. The molecule has 1 aliphatic heterocycles. The van der Waals surface area contributed by atoms with E-state index in [1.54, 1.807) is 6.92 Å². The summed E-state index contributed by atoms with van der Waals surface area (Å²) in [4.78, 5) is 62.0. The molecule has 9 heteroatoms. The van der Waals surface area contributed by atoms with E-state index in [1.165, 1.54) is 0 Å². The van der Waals surface area contributed by atoms with Gasteiger partial charge in [-0.1, -0.05) is 20.4 Å². The lowest BCUT2D eigenvalue weighted by Gasteiger charge is -2.35. The van der Waals surface area contributed by atoms with E-state index in [-0.39, 0.29) is 29.9 Å². The minimum absolute atomic E-state index is 0.0526. The van der Waals surface area contributed by atoms with Crippen molar-refractivity contribution >= 4 is 29.7 Å². The van der Waals surface area contributed by atoms with Crippen molar-refractivity contribution < 1.29 is 38.6 Å². The maximum absolute atomic E-state index is 12.9. The first-order valence-corrected chi connectivity index (χ1v) is 9.37. The first-order chi connectivity index (χ1) is 14.1. The third-order valence-electron chi connectivity index (χ3n) is 5.27. The molecule has 0 unspecified atom stereocenters. The van der Waals surface area contributed by atoms with Crippen molar-refractivity contribution in [3.8, 4) is 0 Å². The highest BCUT2D eigenvalue weighted by atomic mass is 16.6. The van der Waals surface area contributed by atoms with Crippen molar-refractivity contribution in [3.05, 3.63) is 47.0 Å². The van der Waals surface area contributed by atoms with Gasteiger partial charge in [0.15, 0.2) is 0 Å². The second-order valence-electron chi connectivity index (χ2n) is 6.91. The molecule has 2 rings (SSSR count). The van der Waals surface area contributed by atoms with Gasteiger partial charge >= 0.3 is 17.9 Å². The Morgan fingerprint density at radius 1 is 1.03 bits per heavy atom. The van der Waals surface area contributed by atoms with Crippen LogP contribution in [-0.2, 0) is 14.3 Å². The summed E-state index contributed by atoms with van der Waals surface area (Å²) in [5, 5.41) is 9.49. The van der Waals surface area contributed by atoms with Crippen LogP contribution in [0.3, 0.4) is 0 Å². The van der Waals surface area contributed by atoms with Crippen LogP contribution in [0.1, 0.15) is 75.0 Å². The molecule has 0 spiro atoms. The van der Waals surface area contributed by atoms with Crippen LogP contribution in [0.2, 0.25) is 0 Å². The van der Waals surface area contributed by atoms with Gasteiger partial charge in [-0.15, -0.1) is 0 Å². The Bertz CT molecular complexity index is 929. The molecular weight excluding hydrogens is 394 g/mol. The van der Waals surface area contributed by atoms with E-state index in [0.29, 0.717) is 12.8 Å². The van der Waals surface area contributed by atoms with Gasteiger partial charge in [0.25, 0.3) is 11.8 Å². The topological polar surface area (TPSA) is 127 Å². The second kappa shape index (κ2) is 8.89. The molecule has 1 heterocycles. The van der Waals surface area contributed by atoms with Gasteiger partial charge in [0, 0.05) is 11.6 Å². The summed E-state index contributed by atoms with van der Waals surface area (Å²) in [5.41, 5.74) is -1.69. The molecule has 0 saturated carbocycles. The second-order valence-corrected chi connectivity index (χ2v) is 6.91. The zero-order valence-corrected chi connectivity index (χ0v) is 17.0. The highest BCUT2D eigenvalue weighted by Gasteiger charge is 2.45. The average molecular weight is 417 g/mol. The summed E-state index contributed by atoms with van der Waals surface area (Å²) < 4.78 is 9.63. The summed E-state index contributed by atoms with van der Waals surface area (Å²) >= 11 is 0. The van der Waals surface area contributed by atoms with E-state index in [2.05, 4.69) is 11.3 Å². The lowest BCUT2D eigenvalue weighted by atomic mass is 9.93. The predicted molar refractivity (Wildman–Crippen MR) is 104 cm³/mol. The number of hydrogen-bond acceptors (Lipinski definition) is 7. The van der Waals surface area contributed by atoms with Crippen LogP contribution in [0.25, 0.3) is 0 Å². The Kier molecular flexibility index (Phi) is 6.76. The van der Waals surface area contributed by atoms with Gasteiger partial charge in [0.2, 0.25) is 0 Å². The molecule has 0 fully saturated rings. The highest BCUT2D eigenvalue weighted by Crippen LogP contribution is 2.35. The van der Waals surface area contributed by atoms with E-state index >= 15 is 0 Å². The SMILES string of the molecule is C=CC(=O)OCCOC(=O)c1cc2c(cc1C(=O)O)C(=O)N(C(C)(CC)CC)C2=O. The predicted octanol–water partition coefficient (Wildman–Crippen LogP) is 2.45. The van der Waals surface area contributed by atoms with E-state index in [9.17, 15) is 29.1 Å². The van der Waals surface area contributed by atoms with Gasteiger partial charge in [-0.3, -0.25) is 14.5 Å². The fraction of sp³-hybridized carbons (Fsp3) is 0.381. The molecular formula is C21H23NO8. The number of aromatic carboxylic acids is 1. The number of amides is 2. The zero-order chi connectivity index (χ0) is 22.6. The largest absolute Gasteiger partial charge is 0.478 e. The molecule has 9 nitrogen and oxygen atoms in total. The molecule has 0 saturated heterocycles. The third-order valence-corrected chi connectivity index (χ3v) is 5.27. The number of benzene rings is 1. The minimum Gasteiger partial charge on any atom is -0.478 e. The summed E-state index contributed by atoms with van der Waals surface area (Å²) in [7, 11) is 0. The molecule has 1 aromatic rings. The highest BCUT2D eigenvalue weighted by molar-refractivity contribution is 6.23. The molecule has 1 N–H and O–H groups in total. The summed E-state index contributed by atoms with van der Waals surface area (Å²) in [6, 6.07) is 2.10. The van der Waals surface area contributed by atoms with Crippen molar-refractivity contribution in [1.29, 1.82) is 0 Å². The van der Waals surface area contributed by atoms with Gasteiger partial charge < -0.3 is 14.6 Å². The van der Waals surface area contributed by atoms with E-state index in [0.717, 1.165) is 23.1 Å². The summed E-state index contributed by atoms with van der Waals surface area (Å²) in [5.74, 6) is -4.35. The molecule has 160 valence electrons. The van der Waals surface area contributed by atoms with Crippen LogP contribution < -0.4 is 0 Å². The van der Waals surface area contributed by atoms with E-state index in [1.807, 2.05) is 13.8 Å². The first-order valence-electron chi connectivity index (χ1n) is 9.37. The summed E-state index contributed by atoms with van der Waals surface area (Å²) in [6.07, 6.45) is 1.97. The third kappa shape index (κ3) is 4.10. The Labute approximate surface area is 173 Å². The Morgan fingerprint density at radius 3 is 2.00 bits per heavy atom. The van der Waals surface area contributed by atoms with Crippen molar-refractivity contribution in [2.45, 2.75) is 39.2 Å². The number of carboxylic acid groups (broad SMARTS) is 1. The number of esters is 2. The van der Waals surface area contributed by atoms with Gasteiger partial charge in [0.1, 0.15) is 13.2 Å². The van der Waals surface area contributed by atoms with Crippen LogP contribution in [-0.4, -0.2) is 58.5 Å². The molecule has 1 aliphatic rings. The van der Waals surface area contributed by atoms with Gasteiger partial charge in [-0.25, -0.2) is 14.4 Å². The van der Waals surface area contributed by atoms with Crippen LogP contribution in [0.4, 0.5) is 0 Å². The maximum atomic E-state index is 12.9. The molecule has 2 amide bonds. The van der Waals surface area contributed by atoms with Crippen LogP contribution in [0.5, 0.6) is 0 Å². The normalized spacial score (nSPS) is 13.1. The Morgan fingerprint density at radius 2 is 1.53 bits per heavy atom. The zero-order valence-electron chi connectivity index (χ0n) is 17.0. The van der Waals surface area contributed by atoms with Gasteiger partial charge in [-0.05, 0) is 31.9 Å². The van der Waals surface area contributed by atoms with Crippen LogP contribution in [0.15, 0.2) is 24.8 Å². The lowest BCUT2D eigenvalue weighted by molar-refractivity contribution is -0.138. The van der Waals surface area contributed by atoms with Crippen molar-refractivity contribution in [1.82, 2.24) is 4.90 Å². The van der Waals surface area contributed by atoms with Crippen molar-refractivity contribution in [2.75, 3.05) is 13.2 Å². The number of fused-ring (bicyclic) bond motifs is 1. The maximum Gasteiger partial charge on any atom is 0.339 e. The number of rotatable bonds is 9. The van der Waals surface area contributed by atoms with Crippen LogP contribution in [0, 0.1) is 0 Å². The molecule has 1 aromatic carbocycles. The van der Waals surface area contributed by atoms with Crippen molar-refractivity contribution in [3.63, 3.8) is 0 Å². The lowest BCUT2D eigenvalue weighted by Crippen LogP contribution is -2.48. The minimum atomic E-state index is -1.45. The quantitative estimate of drug-likeness (QED) is 0.281. The standard InChI is InChI=1S/C21H23NO8/c1-5-16(23)29-8-9-30-20(28)15-11-13-12(10-14(15)19(26)27)17(24)22(18(13)25)21(4,6-2)7-3/h5,10-11H,1,6-9H2,2-4H3,(H,26,27). The molecule has 0 atom stereocenters. The Balaban J connectivity index is 2.37. The van der Waals surface area contributed by atoms with Gasteiger partial charge in [-0.2, -0.15) is 0 Å². The van der Waals surface area contributed by atoms with Crippen molar-refractivity contribution in [2.24, 2.45) is 0 Å². The number of ether oxygens (including phenoxy) is 2. The van der Waals surface area contributed by atoms with E-state index in [4.69, 9.17) is 4.74 Å². The number of hydrogen-bond donors (Lipinski definition) is 1. The molecule has 0 radical (unpaired) electrons. The fourth-order valence-electron chi connectivity index (χ4n) is 3.10. The Hall–Kier alpha value is -3.49. The number of carbonyl (C=O) groups is 5. The number of imide groups is 1. The molecule has 30 heavy (non-hydrogen) atoms. The number of carbonyl (C=O) groups excluding carboxylic acids is 4. The fourth-order valence-corrected chi connectivity index (χ4v) is 3.10.